The Labute approximate surface area is 173 Å². The van der Waals surface area contributed by atoms with Crippen LogP contribution in [0.3, 0.4) is 0 Å². The van der Waals surface area contributed by atoms with Gasteiger partial charge < -0.3 is 5.73 Å². The molecule has 156 valence electrons. The molecule has 4 saturated carbocycles. The smallest absolute Gasteiger partial charge is 0.00675 e. The van der Waals surface area contributed by atoms with Crippen molar-refractivity contribution < 1.29 is 0 Å². The third kappa shape index (κ3) is 2.41. The normalized spacial score (nSPS) is 56.0. The Morgan fingerprint density at radius 3 is 2.43 bits per heavy atom. The average molecular weight is 382 g/mol. The van der Waals surface area contributed by atoms with Crippen molar-refractivity contribution in [1.82, 2.24) is 0 Å². The fourth-order valence-electron chi connectivity index (χ4n) is 9.72. The van der Waals surface area contributed by atoms with E-state index in [4.69, 9.17) is 12.3 Å². The van der Waals surface area contributed by atoms with E-state index in [1.165, 1.54) is 69.8 Å². The van der Waals surface area contributed by atoms with Gasteiger partial charge in [0.25, 0.3) is 0 Å². The van der Waals surface area contributed by atoms with Crippen LogP contribution in [0.2, 0.25) is 0 Å². The molecule has 0 radical (unpaired) electrons. The van der Waals surface area contributed by atoms with Crippen molar-refractivity contribution >= 4 is 0 Å². The maximum Gasteiger partial charge on any atom is 0.00675 e. The molecule has 1 heteroatoms. The van der Waals surface area contributed by atoms with Crippen molar-refractivity contribution in [3.63, 3.8) is 0 Å². The monoisotopic (exact) mass is 381 g/mol. The van der Waals surface area contributed by atoms with Gasteiger partial charge >= 0.3 is 0 Å². The van der Waals surface area contributed by atoms with Crippen molar-refractivity contribution in [2.24, 2.45) is 51.6 Å². The molecular formula is C27H43N. The van der Waals surface area contributed by atoms with Crippen LogP contribution in [0.1, 0.15) is 91.9 Å². The molecule has 9 atom stereocenters. The Morgan fingerprint density at radius 1 is 0.893 bits per heavy atom. The van der Waals surface area contributed by atoms with E-state index >= 15 is 0 Å². The minimum absolute atomic E-state index is 0.398. The van der Waals surface area contributed by atoms with Crippen molar-refractivity contribution in [3.8, 4) is 0 Å². The van der Waals surface area contributed by atoms with E-state index in [0.29, 0.717) is 34.1 Å². The first kappa shape index (κ1) is 19.4. The zero-order chi connectivity index (χ0) is 19.9. The molecule has 2 N–H and O–H groups in total. The number of nitrogens with two attached hydrogens (primary N) is 1. The van der Waals surface area contributed by atoms with Gasteiger partial charge in [0.1, 0.15) is 0 Å². The van der Waals surface area contributed by atoms with Gasteiger partial charge in [0.05, 0.1) is 0 Å². The summed E-state index contributed by atoms with van der Waals surface area (Å²) in [6, 6.07) is 0.406. The lowest BCUT2D eigenvalue weighted by atomic mass is 9.38. The summed E-state index contributed by atoms with van der Waals surface area (Å²) in [4.78, 5) is 0. The van der Waals surface area contributed by atoms with Gasteiger partial charge in [-0.1, -0.05) is 64.3 Å². The molecule has 0 spiro atoms. The Hall–Kier alpha value is -0.560. The zero-order valence-corrected chi connectivity index (χ0v) is 18.9. The topological polar surface area (TPSA) is 26.0 Å². The molecule has 4 fully saturated rings. The van der Waals surface area contributed by atoms with E-state index in [1.807, 2.05) is 5.57 Å². The predicted molar refractivity (Wildman–Crippen MR) is 119 cm³/mol. The molecule has 0 saturated heterocycles. The van der Waals surface area contributed by atoms with Gasteiger partial charge in [-0.2, -0.15) is 0 Å². The summed E-state index contributed by atoms with van der Waals surface area (Å²) in [5, 5.41) is 0. The average Bonchev–Trinajstić information content (AvgIpc) is 2.64. The quantitative estimate of drug-likeness (QED) is 0.486. The summed E-state index contributed by atoms with van der Waals surface area (Å²) in [6.07, 6.45) is 16.6. The van der Waals surface area contributed by atoms with Crippen molar-refractivity contribution in [2.45, 2.75) is 97.9 Å². The van der Waals surface area contributed by atoms with Crippen LogP contribution in [0, 0.1) is 45.8 Å². The Bertz CT molecular complexity index is 705. The summed E-state index contributed by atoms with van der Waals surface area (Å²) in [7, 11) is 0. The van der Waals surface area contributed by atoms with E-state index in [0.717, 1.165) is 17.8 Å². The lowest BCUT2D eigenvalue weighted by molar-refractivity contribution is -0.118. The van der Waals surface area contributed by atoms with Crippen LogP contribution >= 0.6 is 0 Å². The molecule has 0 aromatic heterocycles. The molecule has 1 nitrogen and oxygen atoms in total. The largest absolute Gasteiger partial charge is 0.327 e. The Morgan fingerprint density at radius 2 is 1.64 bits per heavy atom. The van der Waals surface area contributed by atoms with E-state index in [-0.39, 0.29) is 0 Å². The summed E-state index contributed by atoms with van der Waals surface area (Å²) in [6.45, 7) is 15.1. The number of hydrogen-bond donors (Lipinski definition) is 1. The van der Waals surface area contributed by atoms with E-state index in [9.17, 15) is 0 Å². The van der Waals surface area contributed by atoms with E-state index in [1.54, 1.807) is 0 Å². The first-order valence-electron chi connectivity index (χ1n) is 12.4. The van der Waals surface area contributed by atoms with Gasteiger partial charge in [0.15, 0.2) is 0 Å². The molecule has 0 amide bonds. The zero-order valence-electron chi connectivity index (χ0n) is 18.9. The number of rotatable bonds is 0. The predicted octanol–water partition coefficient (Wildman–Crippen LogP) is 6.89. The van der Waals surface area contributed by atoms with Gasteiger partial charge in [-0.25, -0.2) is 0 Å². The standard InChI is InChI=1S/C27H43N/c1-17-16-19-21-8-6-7-12-25(21,3)13-9-22(19)27(5)14-10-20-18(2)23(28)11-15-26(20,4)24(17)27/h16,18,20-24H,1,6-15,28H2,2-5H3. The van der Waals surface area contributed by atoms with Crippen LogP contribution in [0.15, 0.2) is 23.8 Å². The Kier molecular flexibility index (Phi) is 4.31. The lowest BCUT2D eigenvalue weighted by Gasteiger charge is -2.66. The molecule has 0 heterocycles. The maximum absolute atomic E-state index is 6.54. The molecule has 9 unspecified atom stereocenters. The third-order valence-electron chi connectivity index (χ3n) is 11.1. The molecular weight excluding hydrogens is 338 g/mol. The van der Waals surface area contributed by atoms with Crippen molar-refractivity contribution in [2.75, 3.05) is 0 Å². The molecule has 5 rings (SSSR count). The highest BCUT2D eigenvalue weighted by molar-refractivity contribution is 5.39. The molecule has 5 aliphatic rings. The molecule has 0 bridgehead atoms. The first-order chi connectivity index (χ1) is 13.2. The molecule has 0 aromatic carbocycles. The molecule has 0 aromatic rings. The van der Waals surface area contributed by atoms with E-state index < -0.39 is 0 Å². The SMILES string of the molecule is C=C1C=C2C3CCCCC3(C)CCC2C2(C)CCC3C(C)C(N)CCC3(C)C12. The second kappa shape index (κ2) is 6.22. The summed E-state index contributed by atoms with van der Waals surface area (Å²) in [5.74, 6) is 3.75. The van der Waals surface area contributed by atoms with Crippen LogP contribution in [0.25, 0.3) is 0 Å². The van der Waals surface area contributed by atoms with Gasteiger partial charge in [-0.05, 0) is 97.2 Å². The van der Waals surface area contributed by atoms with Gasteiger partial charge in [-0.15, -0.1) is 0 Å². The number of allylic oxidation sites excluding steroid dienone is 3. The second-order valence-corrected chi connectivity index (χ2v) is 12.4. The first-order valence-corrected chi connectivity index (χ1v) is 12.4. The van der Waals surface area contributed by atoms with Gasteiger partial charge in [0, 0.05) is 6.04 Å². The van der Waals surface area contributed by atoms with Crippen molar-refractivity contribution in [3.05, 3.63) is 23.8 Å². The third-order valence-corrected chi connectivity index (χ3v) is 11.1. The van der Waals surface area contributed by atoms with Crippen LogP contribution in [-0.2, 0) is 0 Å². The van der Waals surface area contributed by atoms with Crippen LogP contribution in [0.5, 0.6) is 0 Å². The minimum atomic E-state index is 0.398. The van der Waals surface area contributed by atoms with Crippen LogP contribution in [0.4, 0.5) is 0 Å². The van der Waals surface area contributed by atoms with Crippen LogP contribution in [-0.4, -0.2) is 6.04 Å². The highest BCUT2D eigenvalue weighted by atomic mass is 14.7. The summed E-state index contributed by atoms with van der Waals surface area (Å²) < 4.78 is 0. The fraction of sp³-hybridized carbons (Fsp3) is 0.852. The van der Waals surface area contributed by atoms with Crippen LogP contribution < -0.4 is 5.73 Å². The highest BCUT2D eigenvalue weighted by Crippen LogP contribution is 2.70. The Balaban J connectivity index is 1.57. The van der Waals surface area contributed by atoms with E-state index in [2.05, 4.69) is 33.8 Å². The maximum atomic E-state index is 6.54. The summed E-state index contributed by atoms with van der Waals surface area (Å²) in [5.41, 5.74) is 11.2. The molecule has 5 aliphatic carbocycles. The molecule has 28 heavy (non-hydrogen) atoms. The fourth-order valence-corrected chi connectivity index (χ4v) is 9.72. The van der Waals surface area contributed by atoms with Gasteiger partial charge in [0.2, 0.25) is 0 Å². The highest BCUT2D eigenvalue weighted by Gasteiger charge is 2.62. The minimum Gasteiger partial charge on any atom is -0.327 e. The summed E-state index contributed by atoms with van der Waals surface area (Å²) >= 11 is 0. The lowest BCUT2D eigenvalue weighted by Crippen LogP contribution is -2.60. The number of fused-ring (bicyclic) bond motifs is 7. The van der Waals surface area contributed by atoms with Crippen molar-refractivity contribution in [1.29, 1.82) is 0 Å². The second-order valence-electron chi connectivity index (χ2n) is 12.4. The van der Waals surface area contributed by atoms with Gasteiger partial charge in [-0.3, -0.25) is 0 Å². The molecule has 0 aliphatic heterocycles. The number of hydrogen-bond acceptors (Lipinski definition) is 1.